The molecule has 0 bridgehead atoms. The Bertz CT molecular complexity index is 471. The predicted molar refractivity (Wildman–Crippen MR) is 66.3 cm³/mol. The average Bonchev–Trinajstić information content (AvgIpc) is 2.36. The van der Waals surface area contributed by atoms with Crippen LogP contribution in [0.2, 0.25) is 0 Å². The van der Waals surface area contributed by atoms with E-state index in [4.69, 9.17) is 0 Å². The molecule has 0 spiro atoms. The molecule has 1 aliphatic heterocycles. The van der Waals surface area contributed by atoms with E-state index in [-0.39, 0.29) is 11.9 Å². The molecule has 0 unspecified atom stereocenters. The fourth-order valence-corrected chi connectivity index (χ4v) is 1.86. The normalized spacial score (nSPS) is 13.6. The number of fused-ring (bicyclic) bond motifs is 1. The summed E-state index contributed by atoms with van der Waals surface area (Å²) in [5, 5.41) is 5.38. The van der Waals surface area contributed by atoms with E-state index in [1.54, 1.807) is 14.1 Å². The molecule has 2 N–H and O–H groups in total. The molecule has 0 atom stereocenters. The van der Waals surface area contributed by atoms with Crippen LogP contribution in [0.1, 0.15) is 12.0 Å². The fourth-order valence-electron chi connectivity index (χ4n) is 1.86. The minimum absolute atomic E-state index is 0.0462. The number of benzene rings is 1. The van der Waals surface area contributed by atoms with E-state index < -0.39 is 0 Å². The number of aryl methyl sites for hydroxylation is 1. The highest BCUT2D eigenvalue weighted by Gasteiger charge is 2.16. The molecule has 0 saturated heterocycles. The summed E-state index contributed by atoms with van der Waals surface area (Å²) in [6.07, 6.45) is 1.22. The second-order valence-electron chi connectivity index (χ2n) is 4.00. The number of hydrogen-bond donors (Lipinski definition) is 2. The largest absolute Gasteiger partial charge is 0.341 e. The van der Waals surface area contributed by atoms with E-state index in [2.05, 4.69) is 10.6 Å². The second-order valence-corrected chi connectivity index (χ2v) is 4.00. The van der Waals surface area contributed by atoms with Crippen molar-refractivity contribution in [3.8, 4) is 0 Å². The number of hydrogen-bond acceptors (Lipinski definition) is 2. The van der Waals surface area contributed by atoms with Crippen molar-refractivity contribution in [2.45, 2.75) is 12.8 Å². The molecule has 2 rings (SSSR count). The smallest absolute Gasteiger partial charge is 0.321 e. The van der Waals surface area contributed by atoms with Crippen molar-refractivity contribution in [2.24, 2.45) is 0 Å². The molecule has 1 heterocycles. The van der Waals surface area contributed by atoms with Gasteiger partial charge in [0, 0.05) is 31.9 Å². The van der Waals surface area contributed by atoms with E-state index in [9.17, 15) is 9.59 Å². The predicted octanol–water partition coefficient (Wildman–Crippen LogP) is 1.35. The Morgan fingerprint density at radius 3 is 2.88 bits per heavy atom. The highest BCUT2D eigenvalue weighted by Crippen LogP contribution is 2.27. The van der Waals surface area contributed by atoms with E-state index in [1.807, 2.05) is 18.2 Å². The third-order valence-corrected chi connectivity index (χ3v) is 2.89. The zero-order valence-electron chi connectivity index (χ0n) is 9.91. The van der Waals surface area contributed by atoms with Gasteiger partial charge >= 0.3 is 6.03 Å². The van der Waals surface area contributed by atoms with Crippen molar-refractivity contribution < 1.29 is 9.59 Å². The number of carbonyl (C=O) groups excluding carboxylic acids is 2. The average molecular weight is 233 g/mol. The summed E-state index contributed by atoms with van der Waals surface area (Å²) in [4.78, 5) is 24.2. The molecule has 90 valence electrons. The van der Waals surface area contributed by atoms with E-state index >= 15 is 0 Å². The monoisotopic (exact) mass is 233 g/mol. The maximum Gasteiger partial charge on any atom is 0.321 e. The van der Waals surface area contributed by atoms with Gasteiger partial charge in [-0.15, -0.1) is 0 Å². The highest BCUT2D eigenvalue weighted by molar-refractivity contribution is 5.95. The summed E-state index contributed by atoms with van der Waals surface area (Å²) < 4.78 is 0. The first-order valence-electron chi connectivity index (χ1n) is 5.50. The van der Waals surface area contributed by atoms with Crippen LogP contribution in [0.5, 0.6) is 0 Å². The molecular formula is C12H15N3O2. The first-order chi connectivity index (χ1) is 8.11. The lowest BCUT2D eigenvalue weighted by molar-refractivity contribution is -0.116. The molecule has 0 aromatic heterocycles. The molecule has 0 saturated carbocycles. The van der Waals surface area contributed by atoms with Crippen LogP contribution < -0.4 is 15.5 Å². The Balaban J connectivity index is 2.28. The number of nitrogens with zero attached hydrogens (tertiary/aromatic N) is 1. The van der Waals surface area contributed by atoms with Crippen LogP contribution in [-0.2, 0) is 11.2 Å². The Labute approximate surface area is 99.8 Å². The lowest BCUT2D eigenvalue weighted by atomic mass is 10.0. The van der Waals surface area contributed by atoms with Crippen molar-refractivity contribution in [1.29, 1.82) is 0 Å². The van der Waals surface area contributed by atoms with E-state index in [0.717, 1.165) is 23.4 Å². The van der Waals surface area contributed by atoms with Crippen molar-refractivity contribution in [3.05, 3.63) is 23.8 Å². The third-order valence-electron chi connectivity index (χ3n) is 2.89. The standard InChI is InChI=1S/C12H15N3O2/c1-13-12(17)15(2)9-4-5-10-8(7-9)3-6-11(16)14-10/h4-5,7H,3,6H2,1-2H3,(H,13,17)(H,14,16). The van der Waals surface area contributed by atoms with Crippen LogP contribution >= 0.6 is 0 Å². The van der Waals surface area contributed by atoms with Crippen molar-refractivity contribution >= 4 is 23.3 Å². The Kier molecular flexibility index (Phi) is 2.99. The van der Waals surface area contributed by atoms with Crippen molar-refractivity contribution in [1.82, 2.24) is 5.32 Å². The van der Waals surface area contributed by atoms with Crippen LogP contribution in [0.4, 0.5) is 16.2 Å². The zero-order valence-corrected chi connectivity index (χ0v) is 9.91. The van der Waals surface area contributed by atoms with Gasteiger partial charge in [-0.3, -0.25) is 9.69 Å². The summed E-state index contributed by atoms with van der Waals surface area (Å²) in [5.74, 6) is 0.0462. The van der Waals surface area contributed by atoms with Crippen molar-refractivity contribution in [2.75, 3.05) is 24.3 Å². The van der Waals surface area contributed by atoms with Crippen LogP contribution in [0.3, 0.4) is 0 Å². The molecule has 0 fully saturated rings. The van der Waals surface area contributed by atoms with Crippen LogP contribution in [-0.4, -0.2) is 26.0 Å². The van der Waals surface area contributed by atoms with Crippen LogP contribution in [0.25, 0.3) is 0 Å². The lowest BCUT2D eigenvalue weighted by Crippen LogP contribution is -2.34. The van der Waals surface area contributed by atoms with Gasteiger partial charge in [-0.1, -0.05) is 0 Å². The van der Waals surface area contributed by atoms with Gasteiger partial charge in [-0.2, -0.15) is 0 Å². The Morgan fingerprint density at radius 1 is 1.41 bits per heavy atom. The molecule has 5 heteroatoms. The van der Waals surface area contributed by atoms with Crippen LogP contribution in [0.15, 0.2) is 18.2 Å². The summed E-state index contributed by atoms with van der Waals surface area (Å²) in [6.45, 7) is 0. The number of anilines is 2. The highest BCUT2D eigenvalue weighted by atomic mass is 16.2. The third kappa shape index (κ3) is 2.22. The zero-order chi connectivity index (χ0) is 12.4. The van der Waals surface area contributed by atoms with Crippen LogP contribution in [0, 0.1) is 0 Å². The summed E-state index contributed by atoms with van der Waals surface area (Å²) >= 11 is 0. The molecular weight excluding hydrogens is 218 g/mol. The number of nitrogens with one attached hydrogen (secondary N) is 2. The molecule has 1 aromatic rings. The molecule has 17 heavy (non-hydrogen) atoms. The SMILES string of the molecule is CNC(=O)N(C)c1ccc2c(c1)CCC(=O)N2. The minimum atomic E-state index is -0.162. The Morgan fingerprint density at radius 2 is 2.18 bits per heavy atom. The molecule has 1 aromatic carbocycles. The van der Waals surface area contributed by atoms with Gasteiger partial charge in [0.25, 0.3) is 0 Å². The molecule has 5 nitrogen and oxygen atoms in total. The quantitative estimate of drug-likeness (QED) is 0.769. The molecule has 3 amide bonds. The first kappa shape index (κ1) is 11.4. The van der Waals surface area contributed by atoms with E-state index in [1.165, 1.54) is 4.90 Å². The molecule has 1 aliphatic rings. The maximum absolute atomic E-state index is 11.5. The molecule has 0 radical (unpaired) electrons. The lowest BCUT2D eigenvalue weighted by Gasteiger charge is -2.21. The van der Waals surface area contributed by atoms with Gasteiger partial charge in [0.1, 0.15) is 0 Å². The topological polar surface area (TPSA) is 61.4 Å². The van der Waals surface area contributed by atoms with Gasteiger partial charge in [0.15, 0.2) is 0 Å². The number of rotatable bonds is 1. The van der Waals surface area contributed by atoms with Crippen molar-refractivity contribution in [3.63, 3.8) is 0 Å². The minimum Gasteiger partial charge on any atom is -0.341 e. The number of urea groups is 1. The molecule has 0 aliphatic carbocycles. The van der Waals surface area contributed by atoms with Gasteiger partial charge in [-0.05, 0) is 30.2 Å². The number of carbonyl (C=O) groups is 2. The maximum atomic E-state index is 11.5. The van der Waals surface area contributed by atoms with Gasteiger partial charge in [0.05, 0.1) is 0 Å². The fraction of sp³-hybridized carbons (Fsp3) is 0.333. The van der Waals surface area contributed by atoms with Gasteiger partial charge in [-0.25, -0.2) is 4.79 Å². The van der Waals surface area contributed by atoms with Gasteiger partial charge < -0.3 is 10.6 Å². The first-order valence-corrected chi connectivity index (χ1v) is 5.50. The second kappa shape index (κ2) is 4.45. The summed E-state index contributed by atoms with van der Waals surface area (Å²) in [5.41, 5.74) is 2.73. The van der Waals surface area contributed by atoms with E-state index in [0.29, 0.717) is 6.42 Å². The Hall–Kier alpha value is -2.04. The summed E-state index contributed by atoms with van der Waals surface area (Å²) in [6, 6.07) is 5.43. The summed E-state index contributed by atoms with van der Waals surface area (Å²) in [7, 11) is 3.30. The number of amides is 3. The van der Waals surface area contributed by atoms with Gasteiger partial charge in [0.2, 0.25) is 5.91 Å².